The molecule has 2 rings (SSSR count). The third-order valence-electron chi connectivity index (χ3n) is 2.37. The van der Waals surface area contributed by atoms with Crippen LogP contribution in [0, 0.1) is 4.91 Å². The van der Waals surface area contributed by atoms with Crippen LogP contribution in [0.25, 0.3) is 0 Å². The van der Waals surface area contributed by atoms with Gasteiger partial charge in [-0.2, -0.15) is 0 Å². The Kier molecular flexibility index (Phi) is 3.00. The molecule has 8 heteroatoms. The number of hydrogen-bond acceptors (Lipinski definition) is 6. The maximum absolute atomic E-state index is 11.6. The molecule has 0 saturated carbocycles. The van der Waals surface area contributed by atoms with Crippen LogP contribution in [-0.2, 0) is 6.54 Å². The number of nitrogens with zero attached hydrogens (tertiary/aromatic N) is 3. The standard InChI is InChI=1S/C10H9N5O3/c11-8-7(14-18)9(16)13-10(17)15(8)5-6-2-1-3-12-4-6/h1-4H,5,11H2,(H,13,16,17). The average molecular weight is 247 g/mol. The molecule has 0 amide bonds. The number of rotatable bonds is 3. The number of nitrogen functional groups attached to an aromatic ring is 1. The summed E-state index contributed by atoms with van der Waals surface area (Å²) in [4.78, 5) is 39.2. The van der Waals surface area contributed by atoms with Gasteiger partial charge in [-0.1, -0.05) is 6.07 Å². The van der Waals surface area contributed by atoms with Gasteiger partial charge in [0.1, 0.15) is 5.82 Å². The summed E-state index contributed by atoms with van der Waals surface area (Å²) in [5.41, 5.74) is 4.18. The van der Waals surface area contributed by atoms with E-state index in [0.717, 1.165) is 4.57 Å². The smallest absolute Gasteiger partial charge is 0.330 e. The molecule has 92 valence electrons. The van der Waals surface area contributed by atoms with Crippen molar-refractivity contribution in [1.82, 2.24) is 14.5 Å². The molecule has 0 aliphatic heterocycles. The number of nitrogens with two attached hydrogens (primary N) is 1. The van der Waals surface area contributed by atoms with Gasteiger partial charge in [-0.3, -0.25) is 19.3 Å². The quantitative estimate of drug-likeness (QED) is 0.736. The van der Waals surface area contributed by atoms with Gasteiger partial charge in [0.05, 0.1) is 6.54 Å². The second kappa shape index (κ2) is 4.62. The van der Waals surface area contributed by atoms with E-state index in [9.17, 15) is 14.5 Å². The fourth-order valence-corrected chi connectivity index (χ4v) is 1.50. The first-order chi connectivity index (χ1) is 8.63. The minimum Gasteiger partial charge on any atom is -0.383 e. The molecule has 0 atom stereocenters. The van der Waals surface area contributed by atoms with Gasteiger partial charge in [-0.15, -0.1) is 4.91 Å². The largest absolute Gasteiger partial charge is 0.383 e. The van der Waals surface area contributed by atoms with Crippen LogP contribution in [0.3, 0.4) is 0 Å². The predicted octanol–water partition coefficient (Wildman–Crippen LogP) is -0.0400. The predicted molar refractivity (Wildman–Crippen MR) is 64.5 cm³/mol. The Labute approximate surface area is 100 Å². The second-order valence-electron chi connectivity index (χ2n) is 3.53. The van der Waals surface area contributed by atoms with Crippen LogP contribution in [0.1, 0.15) is 5.56 Å². The van der Waals surface area contributed by atoms with Gasteiger partial charge < -0.3 is 5.73 Å². The van der Waals surface area contributed by atoms with Crippen molar-refractivity contribution in [2.75, 3.05) is 5.73 Å². The lowest BCUT2D eigenvalue weighted by atomic mass is 10.3. The van der Waals surface area contributed by atoms with Crippen molar-refractivity contribution in [2.24, 2.45) is 5.18 Å². The van der Waals surface area contributed by atoms with Crippen molar-refractivity contribution in [3.63, 3.8) is 0 Å². The molecular formula is C10H9N5O3. The third-order valence-corrected chi connectivity index (χ3v) is 2.37. The van der Waals surface area contributed by atoms with Gasteiger partial charge in [0.25, 0.3) is 5.56 Å². The molecule has 3 N–H and O–H groups in total. The molecule has 2 heterocycles. The number of aromatic nitrogens is 3. The van der Waals surface area contributed by atoms with Crippen molar-refractivity contribution in [3.8, 4) is 0 Å². The van der Waals surface area contributed by atoms with E-state index in [1.54, 1.807) is 24.5 Å². The molecule has 0 aromatic carbocycles. The summed E-state index contributed by atoms with van der Waals surface area (Å²) < 4.78 is 1.05. The zero-order valence-electron chi connectivity index (χ0n) is 9.16. The van der Waals surface area contributed by atoms with E-state index in [1.807, 2.05) is 4.98 Å². The lowest BCUT2D eigenvalue weighted by Crippen LogP contribution is -2.32. The summed E-state index contributed by atoms with van der Waals surface area (Å²) in [5.74, 6) is -0.261. The topological polar surface area (TPSA) is 123 Å². The van der Waals surface area contributed by atoms with Gasteiger partial charge in [-0.25, -0.2) is 4.79 Å². The van der Waals surface area contributed by atoms with Crippen LogP contribution in [0.5, 0.6) is 0 Å². The van der Waals surface area contributed by atoms with E-state index in [2.05, 4.69) is 10.2 Å². The highest BCUT2D eigenvalue weighted by Crippen LogP contribution is 2.14. The van der Waals surface area contributed by atoms with Crippen LogP contribution < -0.4 is 17.0 Å². The highest BCUT2D eigenvalue weighted by Gasteiger charge is 2.12. The molecule has 2 aromatic rings. The number of aromatic amines is 1. The summed E-state index contributed by atoms with van der Waals surface area (Å²) in [5, 5.41) is 2.52. The monoisotopic (exact) mass is 247 g/mol. The summed E-state index contributed by atoms with van der Waals surface area (Å²) in [6.07, 6.45) is 3.13. The number of hydrogen-bond donors (Lipinski definition) is 2. The van der Waals surface area contributed by atoms with Gasteiger partial charge in [0, 0.05) is 12.4 Å². The Morgan fingerprint density at radius 3 is 2.83 bits per heavy atom. The van der Waals surface area contributed by atoms with E-state index >= 15 is 0 Å². The zero-order chi connectivity index (χ0) is 13.1. The average Bonchev–Trinajstić information content (AvgIpc) is 2.36. The molecule has 0 fully saturated rings. The van der Waals surface area contributed by atoms with Crippen LogP contribution in [0.15, 0.2) is 39.3 Å². The molecule has 8 nitrogen and oxygen atoms in total. The number of anilines is 1. The van der Waals surface area contributed by atoms with Gasteiger partial charge >= 0.3 is 5.69 Å². The molecule has 18 heavy (non-hydrogen) atoms. The maximum Gasteiger partial charge on any atom is 0.330 e. The zero-order valence-corrected chi connectivity index (χ0v) is 9.16. The first kappa shape index (κ1) is 11.7. The maximum atomic E-state index is 11.6. The van der Waals surface area contributed by atoms with Crippen LogP contribution >= 0.6 is 0 Å². The molecule has 0 spiro atoms. The number of nitrogens with one attached hydrogen (secondary N) is 1. The van der Waals surface area contributed by atoms with E-state index in [4.69, 9.17) is 5.73 Å². The second-order valence-corrected chi connectivity index (χ2v) is 3.53. The van der Waals surface area contributed by atoms with Crippen molar-refractivity contribution in [3.05, 3.63) is 55.8 Å². The van der Waals surface area contributed by atoms with E-state index < -0.39 is 16.9 Å². The Morgan fingerprint density at radius 1 is 1.44 bits per heavy atom. The van der Waals surface area contributed by atoms with Gasteiger partial charge in [0.2, 0.25) is 5.69 Å². The summed E-state index contributed by atoms with van der Waals surface area (Å²) in [6, 6.07) is 3.43. The van der Waals surface area contributed by atoms with E-state index in [-0.39, 0.29) is 12.4 Å². The van der Waals surface area contributed by atoms with E-state index in [1.165, 1.54) is 0 Å². The molecule has 0 aliphatic rings. The number of nitroso groups, excluding NO2 is 1. The Balaban J connectivity index is 2.55. The minimum atomic E-state index is -0.894. The molecule has 0 saturated heterocycles. The van der Waals surface area contributed by atoms with Gasteiger partial charge in [-0.05, 0) is 16.8 Å². The van der Waals surface area contributed by atoms with Crippen LogP contribution in [0.2, 0.25) is 0 Å². The first-order valence-corrected chi connectivity index (χ1v) is 4.98. The Hall–Kier alpha value is -2.77. The highest BCUT2D eigenvalue weighted by atomic mass is 16.3. The lowest BCUT2D eigenvalue weighted by molar-refractivity contribution is 0.731. The van der Waals surface area contributed by atoms with Crippen LogP contribution in [0.4, 0.5) is 11.5 Å². The fourth-order valence-electron chi connectivity index (χ4n) is 1.50. The molecular weight excluding hydrogens is 238 g/mol. The Morgan fingerprint density at radius 2 is 2.22 bits per heavy atom. The molecule has 0 unspecified atom stereocenters. The van der Waals surface area contributed by atoms with Crippen LogP contribution in [-0.4, -0.2) is 14.5 Å². The van der Waals surface area contributed by atoms with Crippen molar-refractivity contribution >= 4 is 11.5 Å². The van der Waals surface area contributed by atoms with Crippen molar-refractivity contribution in [2.45, 2.75) is 6.54 Å². The SMILES string of the molecule is Nc1c(N=O)c(=O)[nH]c(=O)n1Cc1cccnc1. The fraction of sp³-hybridized carbons (Fsp3) is 0.100. The molecule has 0 bridgehead atoms. The third kappa shape index (κ3) is 2.03. The summed E-state index contributed by atoms with van der Waals surface area (Å²) in [6.45, 7) is 0.0950. The number of pyridine rings is 1. The lowest BCUT2D eigenvalue weighted by Gasteiger charge is -2.08. The van der Waals surface area contributed by atoms with Crippen molar-refractivity contribution < 1.29 is 0 Å². The van der Waals surface area contributed by atoms with E-state index in [0.29, 0.717) is 5.56 Å². The van der Waals surface area contributed by atoms with Gasteiger partial charge in [0.15, 0.2) is 0 Å². The molecule has 0 radical (unpaired) electrons. The highest BCUT2D eigenvalue weighted by molar-refractivity contribution is 5.55. The normalized spacial score (nSPS) is 10.2. The first-order valence-electron chi connectivity index (χ1n) is 4.98. The Bertz CT molecular complexity index is 689. The molecule has 2 aromatic heterocycles. The van der Waals surface area contributed by atoms with Crippen molar-refractivity contribution in [1.29, 1.82) is 0 Å². The summed E-state index contributed by atoms with van der Waals surface area (Å²) in [7, 11) is 0. The molecule has 0 aliphatic carbocycles. The summed E-state index contributed by atoms with van der Waals surface area (Å²) >= 11 is 0. The number of H-pyrrole nitrogens is 1. The minimum absolute atomic E-state index is 0.0950.